The van der Waals surface area contributed by atoms with Crippen molar-refractivity contribution in [1.29, 1.82) is 0 Å². The van der Waals surface area contributed by atoms with E-state index in [1.807, 2.05) is 33.0 Å². The number of carbonyl (C=O) groups is 1. The van der Waals surface area contributed by atoms with Gasteiger partial charge in [0.25, 0.3) is 15.9 Å². The first kappa shape index (κ1) is 28.5. The number of likely N-dealkylation sites (N-methyl/N-ethyl adjacent to an activating group) is 1. The van der Waals surface area contributed by atoms with E-state index in [0.29, 0.717) is 25.4 Å². The predicted molar refractivity (Wildman–Crippen MR) is 150 cm³/mol. The van der Waals surface area contributed by atoms with Gasteiger partial charge >= 0.3 is 0 Å². The van der Waals surface area contributed by atoms with Gasteiger partial charge in [0.1, 0.15) is 11.9 Å². The summed E-state index contributed by atoms with van der Waals surface area (Å²) in [6.07, 6.45) is 3.27. The average molecular weight is 553 g/mol. The molecule has 0 spiro atoms. The summed E-state index contributed by atoms with van der Waals surface area (Å²) < 4.78 is 35.0. The van der Waals surface area contributed by atoms with Gasteiger partial charge in [-0.3, -0.25) is 19.4 Å². The van der Waals surface area contributed by atoms with Crippen molar-refractivity contribution in [1.82, 2.24) is 14.8 Å². The van der Waals surface area contributed by atoms with Gasteiger partial charge in [-0.1, -0.05) is 24.6 Å². The number of anilines is 1. The highest BCUT2D eigenvalue weighted by atomic mass is 32.2. The summed E-state index contributed by atoms with van der Waals surface area (Å²) in [6.45, 7) is 7.20. The van der Waals surface area contributed by atoms with Crippen LogP contribution in [0.25, 0.3) is 0 Å². The number of amides is 1. The molecule has 10 heteroatoms. The van der Waals surface area contributed by atoms with Crippen molar-refractivity contribution >= 4 is 21.6 Å². The van der Waals surface area contributed by atoms with E-state index in [-0.39, 0.29) is 40.7 Å². The van der Waals surface area contributed by atoms with Gasteiger partial charge in [-0.05, 0) is 68.9 Å². The predicted octanol–water partition coefficient (Wildman–Crippen LogP) is 3.54. The van der Waals surface area contributed by atoms with E-state index in [1.165, 1.54) is 6.07 Å². The van der Waals surface area contributed by atoms with E-state index in [4.69, 9.17) is 4.74 Å². The van der Waals surface area contributed by atoms with Crippen LogP contribution >= 0.6 is 0 Å². The molecule has 1 amide bonds. The second-order valence-corrected chi connectivity index (χ2v) is 12.0. The van der Waals surface area contributed by atoms with Crippen molar-refractivity contribution in [3.63, 3.8) is 0 Å². The lowest BCUT2D eigenvalue weighted by molar-refractivity contribution is 0.0341. The highest BCUT2D eigenvalue weighted by Gasteiger charge is 2.33. The van der Waals surface area contributed by atoms with Crippen LogP contribution < -0.4 is 9.46 Å². The Kier molecular flexibility index (Phi) is 8.89. The molecule has 1 aliphatic rings. The number of carbonyl (C=O) groups excluding carboxylic acids is 1. The zero-order chi connectivity index (χ0) is 28.2. The number of aryl methyl sites for hydroxylation is 1. The van der Waals surface area contributed by atoms with Crippen LogP contribution in [0.4, 0.5) is 5.69 Å². The summed E-state index contributed by atoms with van der Waals surface area (Å²) >= 11 is 0. The van der Waals surface area contributed by atoms with Gasteiger partial charge in [0, 0.05) is 43.6 Å². The number of ether oxygens (including phenoxy) is 1. The molecule has 4 rings (SSSR count). The van der Waals surface area contributed by atoms with E-state index in [0.717, 1.165) is 11.1 Å². The molecular formula is C29H36N4O5S. The maximum Gasteiger partial charge on any atom is 0.261 e. The monoisotopic (exact) mass is 552 g/mol. The first-order valence-corrected chi connectivity index (χ1v) is 14.4. The molecule has 1 aliphatic heterocycles. The van der Waals surface area contributed by atoms with Gasteiger partial charge in [-0.25, -0.2) is 8.42 Å². The molecule has 0 fully saturated rings. The quantitative estimate of drug-likeness (QED) is 0.418. The van der Waals surface area contributed by atoms with Gasteiger partial charge < -0.3 is 14.7 Å². The minimum Gasteiger partial charge on any atom is -0.488 e. The van der Waals surface area contributed by atoms with Crippen molar-refractivity contribution < 1.29 is 23.1 Å². The van der Waals surface area contributed by atoms with Crippen molar-refractivity contribution in [3.05, 3.63) is 83.7 Å². The summed E-state index contributed by atoms with van der Waals surface area (Å²) in [6, 6.07) is 14.8. The van der Waals surface area contributed by atoms with Crippen LogP contribution in [0.3, 0.4) is 0 Å². The third-order valence-electron chi connectivity index (χ3n) is 6.94. The molecular weight excluding hydrogens is 516 g/mol. The van der Waals surface area contributed by atoms with Crippen LogP contribution in [0.15, 0.2) is 71.9 Å². The highest BCUT2D eigenvalue weighted by molar-refractivity contribution is 7.92. The standard InChI is InChI=1S/C29H36N4O5S/c1-20-5-8-25(9-6-20)39(36,37)31-24-7-10-27-26(15-24)29(35)33(22(3)19-34)16-21(2)28(38-27)18-32(4)17-23-11-13-30-14-12-23/h5-15,21-22,28,31,34H,16-19H2,1-4H3/t21-,22+,28+/m0/s1. The molecule has 0 bridgehead atoms. The zero-order valence-electron chi connectivity index (χ0n) is 22.7. The number of sulfonamides is 1. The molecule has 1 aromatic heterocycles. The molecule has 0 aliphatic carbocycles. The molecule has 0 saturated heterocycles. The lowest BCUT2D eigenvalue weighted by atomic mass is 9.99. The third-order valence-corrected chi connectivity index (χ3v) is 8.34. The maximum absolute atomic E-state index is 13.7. The summed E-state index contributed by atoms with van der Waals surface area (Å²) in [7, 11) is -1.84. The smallest absolute Gasteiger partial charge is 0.261 e. The zero-order valence-corrected chi connectivity index (χ0v) is 23.6. The number of aliphatic hydroxyl groups is 1. The fourth-order valence-electron chi connectivity index (χ4n) is 4.61. The van der Waals surface area contributed by atoms with Gasteiger partial charge in [-0.2, -0.15) is 0 Å². The normalized spacial score (nSPS) is 18.6. The van der Waals surface area contributed by atoms with Gasteiger partial charge in [0.2, 0.25) is 0 Å². The SMILES string of the molecule is Cc1ccc(S(=O)(=O)Nc2ccc3c(c2)C(=O)N([C@H](C)CO)C[C@H](C)[C@@H](CN(C)Cc2ccncc2)O3)cc1. The minimum absolute atomic E-state index is 0.0318. The summed E-state index contributed by atoms with van der Waals surface area (Å²) in [5.74, 6) is 0.0244. The van der Waals surface area contributed by atoms with Gasteiger partial charge in [0.05, 0.1) is 23.1 Å². The second kappa shape index (κ2) is 12.1. The van der Waals surface area contributed by atoms with E-state index in [9.17, 15) is 18.3 Å². The van der Waals surface area contributed by atoms with Crippen LogP contribution in [0.1, 0.15) is 35.3 Å². The van der Waals surface area contributed by atoms with E-state index < -0.39 is 16.1 Å². The number of hydrogen-bond acceptors (Lipinski definition) is 7. The van der Waals surface area contributed by atoms with Gasteiger partial charge in [-0.15, -0.1) is 0 Å². The highest BCUT2D eigenvalue weighted by Crippen LogP contribution is 2.31. The van der Waals surface area contributed by atoms with Gasteiger partial charge in [0.15, 0.2) is 0 Å². The summed E-state index contributed by atoms with van der Waals surface area (Å²) in [5, 5.41) is 9.90. The fourth-order valence-corrected chi connectivity index (χ4v) is 5.66. The topological polar surface area (TPSA) is 112 Å². The molecule has 39 heavy (non-hydrogen) atoms. The molecule has 208 valence electrons. The van der Waals surface area contributed by atoms with E-state index in [1.54, 1.807) is 60.6 Å². The Labute approximate surface area is 230 Å². The Balaban J connectivity index is 1.63. The summed E-state index contributed by atoms with van der Waals surface area (Å²) in [5.41, 5.74) is 2.57. The number of rotatable bonds is 9. The largest absolute Gasteiger partial charge is 0.488 e. The van der Waals surface area contributed by atoms with E-state index >= 15 is 0 Å². The number of pyridine rings is 1. The number of hydrogen-bond donors (Lipinski definition) is 2. The third kappa shape index (κ3) is 6.95. The Hall–Kier alpha value is -3.47. The lowest BCUT2D eigenvalue weighted by Crippen LogP contribution is -2.49. The van der Waals surface area contributed by atoms with Crippen LogP contribution in [0.2, 0.25) is 0 Å². The summed E-state index contributed by atoms with van der Waals surface area (Å²) in [4.78, 5) is 21.7. The Bertz CT molecular complexity index is 1380. The fraction of sp³-hybridized carbons (Fsp3) is 0.379. The molecule has 2 N–H and O–H groups in total. The van der Waals surface area contributed by atoms with Crippen LogP contribution in [-0.4, -0.2) is 73.1 Å². The molecule has 3 atom stereocenters. The molecule has 0 radical (unpaired) electrons. The first-order chi connectivity index (χ1) is 18.6. The molecule has 3 aromatic rings. The van der Waals surface area contributed by atoms with E-state index in [2.05, 4.69) is 14.6 Å². The minimum atomic E-state index is -3.86. The second-order valence-electron chi connectivity index (χ2n) is 10.3. The Morgan fingerprint density at radius 3 is 2.51 bits per heavy atom. The molecule has 9 nitrogen and oxygen atoms in total. The number of aliphatic hydroxyl groups excluding tert-OH is 1. The number of nitrogens with one attached hydrogen (secondary N) is 1. The number of fused-ring (bicyclic) bond motifs is 1. The Morgan fingerprint density at radius 1 is 1.15 bits per heavy atom. The molecule has 0 saturated carbocycles. The first-order valence-electron chi connectivity index (χ1n) is 13.0. The van der Waals surface area contributed by atoms with Crippen molar-refractivity contribution in [2.45, 2.75) is 44.4 Å². The molecule has 2 heterocycles. The van der Waals surface area contributed by atoms with Crippen LogP contribution in [0.5, 0.6) is 5.75 Å². The van der Waals surface area contributed by atoms with Crippen molar-refractivity contribution in [3.8, 4) is 5.75 Å². The molecule has 0 unspecified atom stereocenters. The average Bonchev–Trinajstić information content (AvgIpc) is 2.91. The number of aromatic nitrogens is 1. The number of benzene rings is 2. The van der Waals surface area contributed by atoms with Crippen LogP contribution in [0, 0.1) is 12.8 Å². The van der Waals surface area contributed by atoms with Crippen LogP contribution in [-0.2, 0) is 16.6 Å². The Morgan fingerprint density at radius 2 is 1.85 bits per heavy atom. The lowest BCUT2D eigenvalue weighted by Gasteiger charge is -2.38. The molecule has 2 aromatic carbocycles. The maximum atomic E-state index is 13.7. The van der Waals surface area contributed by atoms with Crippen molar-refractivity contribution in [2.75, 3.05) is 31.5 Å². The number of nitrogens with zero attached hydrogens (tertiary/aromatic N) is 3. The van der Waals surface area contributed by atoms with Crippen molar-refractivity contribution in [2.24, 2.45) is 5.92 Å².